The Labute approximate surface area is 117 Å². The van der Waals surface area contributed by atoms with Gasteiger partial charge < -0.3 is 9.47 Å². The van der Waals surface area contributed by atoms with E-state index in [2.05, 4.69) is 0 Å². The number of esters is 1. The van der Waals surface area contributed by atoms with Crippen LogP contribution in [0.1, 0.15) is 18.6 Å². The van der Waals surface area contributed by atoms with Gasteiger partial charge in [0.2, 0.25) is 0 Å². The molecule has 0 heterocycles. The van der Waals surface area contributed by atoms with E-state index in [1.807, 2.05) is 30.3 Å². The van der Waals surface area contributed by atoms with Crippen LogP contribution in [0, 0.1) is 5.82 Å². The van der Waals surface area contributed by atoms with Crippen LogP contribution in [0.15, 0.2) is 54.6 Å². The van der Waals surface area contributed by atoms with E-state index in [4.69, 9.17) is 9.47 Å². The molecule has 0 spiro atoms. The molecule has 2 rings (SSSR count). The molecule has 0 aromatic heterocycles. The Bertz CT molecular complexity index is 552. The first-order valence-electron chi connectivity index (χ1n) is 6.25. The van der Waals surface area contributed by atoms with Crippen molar-refractivity contribution in [3.63, 3.8) is 0 Å². The van der Waals surface area contributed by atoms with Crippen molar-refractivity contribution in [1.29, 1.82) is 0 Å². The molecule has 0 amide bonds. The Morgan fingerprint density at radius 2 is 1.75 bits per heavy atom. The topological polar surface area (TPSA) is 35.5 Å². The smallest absolute Gasteiger partial charge is 0.302 e. The highest BCUT2D eigenvalue weighted by Gasteiger charge is 2.15. The first-order chi connectivity index (χ1) is 9.65. The van der Waals surface area contributed by atoms with Gasteiger partial charge in [-0.2, -0.15) is 0 Å². The van der Waals surface area contributed by atoms with Gasteiger partial charge in [0.05, 0.1) is 0 Å². The molecule has 0 fully saturated rings. The molecule has 0 saturated carbocycles. The molecule has 0 saturated heterocycles. The highest BCUT2D eigenvalue weighted by molar-refractivity contribution is 5.65. The van der Waals surface area contributed by atoms with Crippen LogP contribution in [-0.2, 0) is 9.53 Å². The molecule has 1 atom stereocenters. The summed E-state index contributed by atoms with van der Waals surface area (Å²) in [5.74, 6) is -0.172. The summed E-state index contributed by atoms with van der Waals surface area (Å²) in [6.07, 6.45) is -0.425. The van der Waals surface area contributed by atoms with Gasteiger partial charge in [0.15, 0.2) is 6.10 Å². The fraction of sp³-hybridized carbons (Fsp3) is 0.188. The van der Waals surface area contributed by atoms with Gasteiger partial charge in [-0.1, -0.05) is 30.3 Å². The van der Waals surface area contributed by atoms with Crippen molar-refractivity contribution in [1.82, 2.24) is 0 Å². The van der Waals surface area contributed by atoms with Gasteiger partial charge in [0.25, 0.3) is 0 Å². The Morgan fingerprint density at radius 3 is 2.35 bits per heavy atom. The maximum atomic E-state index is 12.9. The molecular weight excluding hydrogens is 259 g/mol. The van der Waals surface area contributed by atoms with E-state index in [0.717, 1.165) is 5.56 Å². The zero-order chi connectivity index (χ0) is 14.4. The zero-order valence-electron chi connectivity index (χ0n) is 11.1. The van der Waals surface area contributed by atoms with Crippen LogP contribution in [-0.4, -0.2) is 12.6 Å². The van der Waals surface area contributed by atoms with Crippen LogP contribution in [0.5, 0.6) is 5.75 Å². The van der Waals surface area contributed by atoms with Crippen LogP contribution in [0.3, 0.4) is 0 Å². The predicted molar refractivity (Wildman–Crippen MR) is 72.8 cm³/mol. The average Bonchev–Trinajstić information content (AvgIpc) is 2.46. The van der Waals surface area contributed by atoms with Crippen molar-refractivity contribution in [2.75, 3.05) is 6.61 Å². The van der Waals surface area contributed by atoms with E-state index in [1.165, 1.54) is 19.1 Å². The molecular formula is C16H15FO3. The lowest BCUT2D eigenvalue weighted by Gasteiger charge is -2.19. The highest BCUT2D eigenvalue weighted by atomic mass is 19.1. The summed E-state index contributed by atoms with van der Waals surface area (Å²) in [7, 11) is 0. The minimum atomic E-state index is -0.425. The molecule has 2 aromatic rings. The lowest BCUT2D eigenvalue weighted by atomic mass is 10.1. The number of hydrogen-bond acceptors (Lipinski definition) is 3. The fourth-order valence-corrected chi connectivity index (χ4v) is 1.74. The Hall–Kier alpha value is -2.36. The third-order valence-corrected chi connectivity index (χ3v) is 2.70. The summed E-state index contributed by atoms with van der Waals surface area (Å²) in [6, 6.07) is 15.2. The molecule has 2 aromatic carbocycles. The van der Waals surface area contributed by atoms with Gasteiger partial charge in [-0.15, -0.1) is 0 Å². The second kappa shape index (κ2) is 6.70. The number of hydrogen-bond donors (Lipinski definition) is 0. The molecule has 20 heavy (non-hydrogen) atoms. The quantitative estimate of drug-likeness (QED) is 0.783. The number of benzene rings is 2. The van der Waals surface area contributed by atoms with Crippen LogP contribution < -0.4 is 4.74 Å². The van der Waals surface area contributed by atoms with E-state index < -0.39 is 6.10 Å². The molecule has 0 radical (unpaired) electrons. The summed E-state index contributed by atoms with van der Waals surface area (Å²) >= 11 is 0. The Kier molecular flexibility index (Phi) is 4.71. The normalized spacial score (nSPS) is 11.7. The summed E-state index contributed by atoms with van der Waals surface area (Å²) < 4.78 is 23.7. The van der Waals surface area contributed by atoms with Crippen molar-refractivity contribution < 1.29 is 18.7 Å². The van der Waals surface area contributed by atoms with E-state index in [0.29, 0.717) is 5.75 Å². The Balaban J connectivity index is 2.13. The van der Waals surface area contributed by atoms with Gasteiger partial charge in [0.1, 0.15) is 18.2 Å². The lowest BCUT2D eigenvalue weighted by molar-refractivity contribution is -0.143. The summed E-state index contributed by atoms with van der Waals surface area (Å²) in [5, 5.41) is 0. The molecule has 0 bridgehead atoms. The van der Waals surface area contributed by atoms with Crippen molar-refractivity contribution in [2.24, 2.45) is 0 Å². The maximum absolute atomic E-state index is 12.9. The van der Waals surface area contributed by atoms with Crippen molar-refractivity contribution in [3.8, 4) is 5.75 Å². The van der Waals surface area contributed by atoms with Crippen LogP contribution in [0.2, 0.25) is 0 Å². The van der Waals surface area contributed by atoms with Crippen LogP contribution >= 0.6 is 0 Å². The molecule has 0 aliphatic heterocycles. The number of rotatable bonds is 5. The number of carbonyl (C=O) groups is 1. The van der Waals surface area contributed by atoms with Crippen molar-refractivity contribution in [2.45, 2.75) is 13.0 Å². The third kappa shape index (κ3) is 4.09. The van der Waals surface area contributed by atoms with Gasteiger partial charge in [-0.25, -0.2) is 4.39 Å². The van der Waals surface area contributed by atoms with Crippen molar-refractivity contribution >= 4 is 5.97 Å². The van der Waals surface area contributed by atoms with E-state index in [-0.39, 0.29) is 18.4 Å². The SMILES string of the molecule is CC(=O)OCC(Oc1ccc(F)cc1)c1ccccc1. The average molecular weight is 274 g/mol. The maximum Gasteiger partial charge on any atom is 0.302 e. The number of ether oxygens (including phenoxy) is 2. The highest BCUT2D eigenvalue weighted by Crippen LogP contribution is 2.22. The van der Waals surface area contributed by atoms with Gasteiger partial charge in [0, 0.05) is 6.92 Å². The molecule has 1 unspecified atom stereocenters. The molecule has 4 heteroatoms. The van der Waals surface area contributed by atoms with Gasteiger partial charge in [-0.3, -0.25) is 4.79 Å². The molecule has 0 aliphatic rings. The monoisotopic (exact) mass is 274 g/mol. The van der Waals surface area contributed by atoms with E-state index in [1.54, 1.807) is 12.1 Å². The van der Waals surface area contributed by atoms with E-state index >= 15 is 0 Å². The zero-order valence-corrected chi connectivity index (χ0v) is 11.1. The molecule has 0 N–H and O–H groups in total. The van der Waals surface area contributed by atoms with E-state index in [9.17, 15) is 9.18 Å². The van der Waals surface area contributed by atoms with Gasteiger partial charge >= 0.3 is 5.97 Å². The Morgan fingerprint density at radius 1 is 1.10 bits per heavy atom. The fourth-order valence-electron chi connectivity index (χ4n) is 1.74. The molecule has 0 aliphatic carbocycles. The minimum absolute atomic E-state index is 0.108. The second-order valence-electron chi connectivity index (χ2n) is 4.27. The van der Waals surface area contributed by atoms with Gasteiger partial charge in [-0.05, 0) is 29.8 Å². The molecule has 104 valence electrons. The predicted octanol–water partition coefficient (Wildman–Crippen LogP) is 3.51. The minimum Gasteiger partial charge on any atom is -0.482 e. The number of carbonyl (C=O) groups excluding carboxylic acids is 1. The van der Waals surface area contributed by atoms with Crippen LogP contribution in [0.4, 0.5) is 4.39 Å². The van der Waals surface area contributed by atoms with Crippen molar-refractivity contribution in [3.05, 3.63) is 66.0 Å². The third-order valence-electron chi connectivity index (χ3n) is 2.70. The summed E-state index contributed by atoms with van der Waals surface area (Å²) in [5.41, 5.74) is 0.887. The largest absolute Gasteiger partial charge is 0.482 e. The first-order valence-corrected chi connectivity index (χ1v) is 6.25. The standard InChI is InChI=1S/C16H15FO3/c1-12(18)19-11-16(13-5-3-2-4-6-13)20-15-9-7-14(17)8-10-15/h2-10,16H,11H2,1H3. The summed E-state index contributed by atoms with van der Waals surface area (Å²) in [6.45, 7) is 1.46. The molecule has 3 nitrogen and oxygen atoms in total. The summed E-state index contributed by atoms with van der Waals surface area (Å²) in [4.78, 5) is 10.9. The lowest BCUT2D eigenvalue weighted by Crippen LogP contribution is -2.16. The number of halogens is 1. The second-order valence-corrected chi connectivity index (χ2v) is 4.27. The first kappa shape index (κ1) is 14.1. The van der Waals surface area contributed by atoms with Crippen LogP contribution in [0.25, 0.3) is 0 Å².